The number of aliphatic imine (C=N–C) groups is 2. The lowest BCUT2D eigenvalue weighted by atomic mass is 10.4. The molecule has 82 valence electrons. The highest BCUT2D eigenvalue weighted by Crippen LogP contribution is 1.86. The summed E-state index contributed by atoms with van der Waals surface area (Å²) >= 11 is 0. The normalized spacial score (nSPS) is 11.4. The minimum absolute atomic E-state index is 0.0755. The molecule has 0 aromatic carbocycles. The van der Waals surface area contributed by atoms with Crippen molar-refractivity contribution in [1.82, 2.24) is 0 Å². The highest BCUT2D eigenvalue weighted by molar-refractivity contribution is 5.92. The molecule has 0 rings (SSSR count). The molecule has 6 N–H and O–H groups in total. The monoisotopic (exact) mass is 201 g/mol. The first-order valence-electron chi connectivity index (χ1n) is 4.64. The van der Waals surface area contributed by atoms with Gasteiger partial charge in [0.25, 0.3) is 0 Å². The summed E-state index contributed by atoms with van der Waals surface area (Å²) in [6, 6.07) is 0. The van der Waals surface area contributed by atoms with E-state index < -0.39 is 0 Å². The van der Waals surface area contributed by atoms with Gasteiger partial charge in [0.05, 0.1) is 0 Å². The molecule has 0 radical (unpaired) electrons. The third-order valence-corrected chi connectivity index (χ3v) is 1.31. The molecule has 0 aromatic heterocycles. The average molecular weight is 201 g/mol. The van der Waals surface area contributed by atoms with Gasteiger partial charge in [0.15, 0.2) is 5.96 Å². The van der Waals surface area contributed by atoms with Crippen LogP contribution in [-0.2, 0) is 4.74 Å². The minimum atomic E-state index is -0.0755. The zero-order valence-electron chi connectivity index (χ0n) is 8.57. The molecule has 0 atom stereocenters. The Morgan fingerprint density at radius 1 is 1.21 bits per heavy atom. The van der Waals surface area contributed by atoms with Gasteiger partial charge in [-0.05, 0) is 12.8 Å². The van der Waals surface area contributed by atoms with E-state index in [9.17, 15) is 0 Å². The summed E-state index contributed by atoms with van der Waals surface area (Å²) in [6.45, 7) is 4.11. The summed E-state index contributed by atoms with van der Waals surface area (Å²) in [4.78, 5) is 7.50. The topological polar surface area (TPSA) is 112 Å². The fourth-order valence-corrected chi connectivity index (χ4v) is 0.774. The molecule has 0 saturated heterocycles. The first kappa shape index (κ1) is 12.7. The molecular weight excluding hydrogens is 182 g/mol. The summed E-state index contributed by atoms with van der Waals surface area (Å²) in [5.41, 5.74) is 15.6. The highest BCUT2D eigenvalue weighted by atomic mass is 16.5. The fourth-order valence-electron chi connectivity index (χ4n) is 0.774. The summed E-state index contributed by atoms with van der Waals surface area (Å²) < 4.78 is 5.25. The van der Waals surface area contributed by atoms with Crippen molar-refractivity contribution in [2.24, 2.45) is 27.2 Å². The molecule has 0 spiro atoms. The third-order valence-electron chi connectivity index (χ3n) is 1.31. The Bertz CT molecular complexity index is 198. The summed E-state index contributed by atoms with van der Waals surface area (Å²) in [7, 11) is 0. The average Bonchev–Trinajstić information content (AvgIpc) is 2.10. The number of hydrogen-bond acceptors (Lipinski definition) is 2. The Labute approximate surface area is 84.2 Å². The second-order valence-electron chi connectivity index (χ2n) is 2.74. The zero-order chi connectivity index (χ0) is 10.8. The Balaban J connectivity index is 3.47. The van der Waals surface area contributed by atoms with Gasteiger partial charge >= 0.3 is 0 Å². The number of nitrogens with zero attached hydrogens (tertiary/aromatic N) is 2. The maximum Gasteiger partial charge on any atom is 0.218 e. The maximum atomic E-state index is 5.38. The number of hydrogen-bond donors (Lipinski definition) is 3. The Kier molecular flexibility index (Phi) is 7.53. The largest absolute Gasteiger partial charge is 0.381 e. The Morgan fingerprint density at radius 3 is 2.50 bits per heavy atom. The van der Waals surface area contributed by atoms with Crippen LogP contribution in [0.1, 0.15) is 19.8 Å². The van der Waals surface area contributed by atoms with Gasteiger partial charge in [0.2, 0.25) is 5.96 Å². The second-order valence-corrected chi connectivity index (χ2v) is 2.74. The lowest BCUT2D eigenvalue weighted by Crippen LogP contribution is -2.26. The number of rotatable bonds is 6. The molecule has 0 aliphatic heterocycles. The van der Waals surface area contributed by atoms with E-state index in [1.807, 2.05) is 0 Å². The van der Waals surface area contributed by atoms with Crippen LogP contribution in [0, 0.1) is 0 Å². The van der Waals surface area contributed by atoms with Crippen LogP contribution in [0.25, 0.3) is 0 Å². The van der Waals surface area contributed by atoms with Crippen molar-refractivity contribution in [3.8, 4) is 0 Å². The Morgan fingerprint density at radius 2 is 1.93 bits per heavy atom. The molecule has 0 saturated carbocycles. The fraction of sp³-hybridized carbons (Fsp3) is 0.750. The van der Waals surface area contributed by atoms with Gasteiger partial charge in [-0.2, -0.15) is 4.99 Å². The quantitative estimate of drug-likeness (QED) is 0.302. The van der Waals surface area contributed by atoms with Crippen LogP contribution in [0.4, 0.5) is 0 Å². The Hall–Kier alpha value is -1.30. The van der Waals surface area contributed by atoms with Crippen molar-refractivity contribution in [2.45, 2.75) is 19.8 Å². The highest BCUT2D eigenvalue weighted by Gasteiger charge is 1.89. The predicted octanol–water partition coefficient (Wildman–Crippen LogP) is -0.609. The lowest BCUT2D eigenvalue weighted by Gasteiger charge is -1.99. The standard InChI is InChI=1S/C8H19N5O/c1-2-5-14-6-3-4-12-8(11)13-7(9)10/h2-6H2,1H3,(H6,9,10,11,12,13). The number of ether oxygens (including phenoxy) is 1. The van der Waals surface area contributed by atoms with Gasteiger partial charge < -0.3 is 21.9 Å². The van der Waals surface area contributed by atoms with Crippen LogP contribution in [0.2, 0.25) is 0 Å². The van der Waals surface area contributed by atoms with Gasteiger partial charge in [-0.15, -0.1) is 0 Å². The van der Waals surface area contributed by atoms with E-state index in [0.29, 0.717) is 13.2 Å². The molecule has 14 heavy (non-hydrogen) atoms. The molecule has 0 unspecified atom stereocenters. The van der Waals surface area contributed by atoms with Gasteiger partial charge in [-0.3, -0.25) is 4.99 Å². The van der Waals surface area contributed by atoms with E-state index in [2.05, 4.69) is 16.9 Å². The summed E-state index contributed by atoms with van der Waals surface area (Å²) in [5.74, 6) is 0.0361. The second kappa shape index (κ2) is 8.31. The van der Waals surface area contributed by atoms with Crippen molar-refractivity contribution >= 4 is 11.9 Å². The summed E-state index contributed by atoms with van der Waals surface area (Å²) in [6.07, 6.45) is 1.85. The van der Waals surface area contributed by atoms with Crippen LogP contribution in [0.3, 0.4) is 0 Å². The van der Waals surface area contributed by atoms with Gasteiger partial charge in [-0.1, -0.05) is 6.92 Å². The van der Waals surface area contributed by atoms with E-state index in [-0.39, 0.29) is 11.9 Å². The first-order valence-corrected chi connectivity index (χ1v) is 4.64. The van der Waals surface area contributed by atoms with Crippen molar-refractivity contribution in [1.29, 1.82) is 0 Å². The van der Waals surface area contributed by atoms with Crippen molar-refractivity contribution in [2.75, 3.05) is 19.8 Å². The maximum absolute atomic E-state index is 5.38. The zero-order valence-corrected chi connectivity index (χ0v) is 8.57. The van der Waals surface area contributed by atoms with Crippen molar-refractivity contribution in [3.63, 3.8) is 0 Å². The minimum Gasteiger partial charge on any atom is -0.381 e. The molecule has 0 aliphatic carbocycles. The molecule has 0 heterocycles. The van der Waals surface area contributed by atoms with Crippen LogP contribution in [0.5, 0.6) is 0 Å². The smallest absolute Gasteiger partial charge is 0.218 e. The molecule has 0 bridgehead atoms. The molecule has 0 aromatic rings. The van der Waals surface area contributed by atoms with E-state index in [4.69, 9.17) is 21.9 Å². The van der Waals surface area contributed by atoms with Crippen molar-refractivity contribution < 1.29 is 4.74 Å². The summed E-state index contributed by atoms with van der Waals surface area (Å²) in [5, 5.41) is 0. The van der Waals surface area contributed by atoms with E-state index in [0.717, 1.165) is 19.4 Å². The first-order chi connectivity index (χ1) is 6.66. The molecule has 6 nitrogen and oxygen atoms in total. The van der Waals surface area contributed by atoms with Gasteiger partial charge in [0, 0.05) is 19.8 Å². The molecule has 6 heteroatoms. The van der Waals surface area contributed by atoms with Crippen LogP contribution in [-0.4, -0.2) is 31.7 Å². The van der Waals surface area contributed by atoms with Crippen LogP contribution in [0.15, 0.2) is 9.98 Å². The van der Waals surface area contributed by atoms with Gasteiger partial charge in [-0.25, -0.2) is 0 Å². The number of nitrogens with two attached hydrogens (primary N) is 3. The molecule has 0 amide bonds. The van der Waals surface area contributed by atoms with E-state index in [1.54, 1.807) is 0 Å². The van der Waals surface area contributed by atoms with E-state index >= 15 is 0 Å². The van der Waals surface area contributed by atoms with Crippen LogP contribution < -0.4 is 17.2 Å². The SMILES string of the molecule is CCCOCCCN=C(N)N=C(N)N. The van der Waals surface area contributed by atoms with E-state index in [1.165, 1.54) is 0 Å². The van der Waals surface area contributed by atoms with Crippen LogP contribution >= 0.6 is 0 Å². The molecule has 0 aliphatic rings. The molecular formula is C8H19N5O. The van der Waals surface area contributed by atoms with Gasteiger partial charge in [0.1, 0.15) is 0 Å². The number of guanidine groups is 2. The predicted molar refractivity (Wildman–Crippen MR) is 58.0 cm³/mol. The molecule has 0 fully saturated rings. The van der Waals surface area contributed by atoms with Crippen molar-refractivity contribution in [3.05, 3.63) is 0 Å². The third kappa shape index (κ3) is 8.79. The lowest BCUT2D eigenvalue weighted by molar-refractivity contribution is 0.134.